The summed E-state index contributed by atoms with van der Waals surface area (Å²) in [7, 11) is 0. The minimum Gasteiger partial charge on any atom is -0.481 e. The average molecular weight is 312 g/mol. The zero-order chi connectivity index (χ0) is 13.3. The van der Waals surface area contributed by atoms with Gasteiger partial charge in [0.1, 0.15) is 6.61 Å². The van der Waals surface area contributed by atoms with Crippen LogP contribution in [0.1, 0.15) is 25.0 Å². The van der Waals surface area contributed by atoms with Gasteiger partial charge in [-0.2, -0.15) is 0 Å². The molecule has 0 amide bonds. The van der Waals surface area contributed by atoms with E-state index in [4.69, 9.17) is 9.84 Å². The van der Waals surface area contributed by atoms with Gasteiger partial charge in [0.2, 0.25) is 5.90 Å². The van der Waals surface area contributed by atoms with E-state index in [1.165, 1.54) is 0 Å². The van der Waals surface area contributed by atoms with Crippen molar-refractivity contribution in [3.8, 4) is 0 Å². The second-order valence-corrected chi connectivity index (χ2v) is 5.71. The Morgan fingerprint density at radius 2 is 2.28 bits per heavy atom. The lowest BCUT2D eigenvalue weighted by Gasteiger charge is -2.09. The summed E-state index contributed by atoms with van der Waals surface area (Å²) in [4.78, 5) is 15.4. The van der Waals surface area contributed by atoms with Crippen LogP contribution in [0.2, 0.25) is 0 Å². The van der Waals surface area contributed by atoms with Crippen molar-refractivity contribution in [1.82, 2.24) is 0 Å². The molecule has 0 saturated heterocycles. The van der Waals surface area contributed by atoms with Gasteiger partial charge in [0.15, 0.2) is 0 Å². The molecule has 18 heavy (non-hydrogen) atoms. The van der Waals surface area contributed by atoms with E-state index in [9.17, 15) is 4.79 Å². The molecule has 96 valence electrons. The molecule has 1 heterocycles. The van der Waals surface area contributed by atoms with Crippen LogP contribution in [-0.4, -0.2) is 29.1 Å². The molecule has 0 saturated carbocycles. The van der Waals surface area contributed by atoms with E-state index in [1.54, 1.807) is 0 Å². The first-order valence-electron chi connectivity index (χ1n) is 5.61. The summed E-state index contributed by atoms with van der Waals surface area (Å²) in [5.41, 5.74) is 1.19. The van der Waals surface area contributed by atoms with Crippen LogP contribution in [0.5, 0.6) is 0 Å². The summed E-state index contributed by atoms with van der Waals surface area (Å²) in [5.74, 6) is -0.349. The molecule has 0 aliphatic carbocycles. The Morgan fingerprint density at radius 1 is 1.56 bits per heavy atom. The predicted molar refractivity (Wildman–Crippen MR) is 72.0 cm³/mol. The zero-order valence-corrected chi connectivity index (χ0v) is 11.8. The Morgan fingerprint density at radius 3 is 2.83 bits per heavy atom. The maximum absolute atomic E-state index is 10.9. The fourth-order valence-electron chi connectivity index (χ4n) is 1.81. The summed E-state index contributed by atoms with van der Waals surface area (Å²) >= 11 is 3.38. The quantitative estimate of drug-likeness (QED) is 0.933. The maximum Gasteiger partial charge on any atom is 0.307 e. The highest BCUT2D eigenvalue weighted by molar-refractivity contribution is 9.10. The molecule has 1 aromatic carbocycles. The van der Waals surface area contributed by atoms with Gasteiger partial charge in [-0.1, -0.05) is 22.0 Å². The predicted octanol–water partition coefficient (Wildman–Crippen LogP) is 2.63. The van der Waals surface area contributed by atoms with E-state index >= 15 is 0 Å². The number of carboxylic acid groups (broad SMARTS) is 1. The largest absolute Gasteiger partial charge is 0.481 e. The Bertz CT molecular complexity index is 523. The fourth-order valence-corrected chi connectivity index (χ4v) is 2.32. The number of rotatable bonds is 3. The van der Waals surface area contributed by atoms with E-state index in [-0.39, 0.29) is 12.0 Å². The smallest absolute Gasteiger partial charge is 0.307 e. The monoisotopic (exact) mass is 311 g/mol. The molecule has 0 unspecified atom stereocenters. The Hall–Kier alpha value is -1.36. The third-order valence-electron chi connectivity index (χ3n) is 2.64. The molecule has 0 spiro atoms. The van der Waals surface area contributed by atoms with Crippen molar-refractivity contribution in [2.75, 3.05) is 6.61 Å². The fraction of sp³-hybridized carbons (Fsp3) is 0.385. The number of carbonyl (C=O) groups is 1. The Labute approximate surface area is 114 Å². The number of hydrogen-bond acceptors (Lipinski definition) is 3. The van der Waals surface area contributed by atoms with Crippen molar-refractivity contribution in [2.45, 2.75) is 25.8 Å². The maximum atomic E-state index is 10.9. The highest BCUT2D eigenvalue weighted by Gasteiger charge is 2.28. The van der Waals surface area contributed by atoms with Gasteiger partial charge in [-0.05, 0) is 31.5 Å². The van der Waals surface area contributed by atoms with E-state index in [2.05, 4.69) is 20.9 Å². The first-order chi connectivity index (χ1) is 8.39. The third-order valence-corrected chi connectivity index (χ3v) is 3.39. The summed E-state index contributed by atoms with van der Waals surface area (Å²) in [6.45, 7) is 4.48. The zero-order valence-electron chi connectivity index (χ0n) is 10.2. The van der Waals surface area contributed by atoms with Crippen LogP contribution in [0, 0.1) is 0 Å². The van der Waals surface area contributed by atoms with Gasteiger partial charge >= 0.3 is 5.97 Å². The molecule has 0 radical (unpaired) electrons. The van der Waals surface area contributed by atoms with Gasteiger partial charge < -0.3 is 9.84 Å². The number of nitrogens with zero attached hydrogens (tertiary/aromatic N) is 1. The summed E-state index contributed by atoms with van der Waals surface area (Å²) < 4.78 is 6.33. The van der Waals surface area contributed by atoms with Crippen LogP contribution in [0.25, 0.3) is 0 Å². The Kier molecular flexibility index (Phi) is 3.43. The van der Waals surface area contributed by atoms with E-state index in [0.29, 0.717) is 18.1 Å². The molecular weight excluding hydrogens is 298 g/mol. The van der Waals surface area contributed by atoms with Crippen molar-refractivity contribution in [1.29, 1.82) is 0 Å². The molecule has 1 aliphatic rings. The van der Waals surface area contributed by atoms with Crippen molar-refractivity contribution >= 4 is 27.8 Å². The lowest BCUT2D eigenvalue weighted by Crippen LogP contribution is -2.17. The van der Waals surface area contributed by atoms with Crippen molar-refractivity contribution in [3.63, 3.8) is 0 Å². The summed E-state index contributed by atoms with van der Waals surface area (Å²) in [6.07, 6.45) is -0.0560. The van der Waals surface area contributed by atoms with Gasteiger partial charge in [0.05, 0.1) is 12.0 Å². The highest BCUT2D eigenvalue weighted by Crippen LogP contribution is 2.27. The molecule has 0 bridgehead atoms. The molecule has 1 aliphatic heterocycles. The lowest BCUT2D eigenvalue weighted by atomic mass is 10.0. The normalized spacial score (nSPS) is 17.2. The molecule has 4 nitrogen and oxygen atoms in total. The highest BCUT2D eigenvalue weighted by atomic mass is 79.9. The van der Waals surface area contributed by atoms with E-state index < -0.39 is 5.97 Å². The van der Waals surface area contributed by atoms with Crippen LogP contribution >= 0.6 is 15.9 Å². The lowest BCUT2D eigenvalue weighted by molar-refractivity contribution is -0.136. The van der Waals surface area contributed by atoms with Gasteiger partial charge in [-0.15, -0.1) is 0 Å². The molecule has 0 fully saturated rings. The van der Waals surface area contributed by atoms with Crippen molar-refractivity contribution in [2.24, 2.45) is 4.99 Å². The topological polar surface area (TPSA) is 58.9 Å². The number of carboxylic acids is 1. The third kappa shape index (κ3) is 2.72. The minimum atomic E-state index is -0.874. The van der Waals surface area contributed by atoms with Gasteiger partial charge in [0.25, 0.3) is 0 Å². The second-order valence-electron chi connectivity index (χ2n) is 4.85. The molecule has 5 heteroatoms. The SMILES string of the molecule is CC1(C)COC(c2cccc(Br)c2CC(=O)O)=N1. The average Bonchev–Trinajstić information content (AvgIpc) is 2.61. The summed E-state index contributed by atoms with van der Waals surface area (Å²) in [5, 5.41) is 8.96. The van der Waals surface area contributed by atoms with E-state index in [1.807, 2.05) is 32.0 Å². The first kappa shape index (κ1) is 13.1. The van der Waals surface area contributed by atoms with Crippen LogP contribution in [0.15, 0.2) is 27.7 Å². The van der Waals surface area contributed by atoms with Crippen LogP contribution in [0.4, 0.5) is 0 Å². The van der Waals surface area contributed by atoms with Gasteiger partial charge in [0, 0.05) is 10.0 Å². The molecular formula is C13H14BrNO3. The van der Waals surface area contributed by atoms with Crippen LogP contribution < -0.4 is 0 Å². The standard InChI is InChI=1S/C13H14BrNO3/c1-13(2)7-18-12(15-13)8-4-3-5-10(14)9(8)6-11(16)17/h3-5H,6-7H2,1-2H3,(H,16,17). The van der Waals surface area contributed by atoms with Crippen LogP contribution in [0.3, 0.4) is 0 Å². The molecule has 0 atom stereocenters. The van der Waals surface area contributed by atoms with E-state index in [0.717, 1.165) is 10.0 Å². The van der Waals surface area contributed by atoms with Gasteiger partial charge in [-0.25, -0.2) is 4.99 Å². The number of hydrogen-bond donors (Lipinski definition) is 1. The van der Waals surface area contributed by atoms with Crippen molar-refractivity contribution < 1.29 is 14.6 Å². The molecule has 1 N–H and O–H groups in total. The number of aliphatic carboxylic acids is 1. The number of benzene rings is 1. The molecule has 2 rings (SSSR count). The van der Waals surface area contributed by atoms with Gasteiger partial charge in [-0.3, -0.25) is 4.79 Å². The second kappa shape index (κ2) is 4.72. The minimum absolute atomic E-state index is 0.0560. The number of aliphatic imine (C=N–C) groups is 1. The first-order valence-corrected chi connectivity index (χ1v) is 6.40. The molecule has 1 aromatic rings. The number of halogens is 1. The number of ether oxygens (including phenoxy) is 1. The molecule has 0 aromatic heterocycles. The van der Waals surface area contributed by atoms with Crippen LogP contribution in [-0.2, 0) is 16.0 Å². The summed E-state index contributed by atoms with van der Waals surface area (Å²) in [6, 6.07) is 5.51. The Balaban J connectivity index is 2.45. The van der Waals surface area contributed by atoms with Crippen molar-refractivity contribution in [3.05, 3.63) is 33.8 Å².